The molecule has 1 heterocycles. The Balaban J connectivity index is 2.75. The third-order valence-electron chi connectivity index (χ3n) is 0.971. The van der Waals surface area contributed by atoms with Gasteiger partial charge in [-0.2, -0.15) is 4.94 Å². The van der Waals surface area contributed by atoms with Crippen molar-refractivity contribution in [3.05, 3.63) is 17.1 Å². The molecule has 0 saturated heterocycles. The first-order chi connectivity index (χ1) is 4.61. The van der Waals surface area contributed by atoms with E-state index in [1.807, 2.05) is 0 Å². The van der Waals surface area contributed by atoms with Gasteiger partial charge in [0.15, 0.2) is 0 Å². The summed E-state index contributed by atoms with van der Waals surface area (Å²) in [6.45, 7) is 0. The van der Waals surface area contributed by atoms with Crippen LogP contribution in [-0.4, -0.2) is 22.6 Å². The smallest absolute Gasteiger partial charge is 0.272 e. The van der Waals surface area contributed by atoms with Crippen molar-refractivity contribution in [2.45, 2.75) is 0 Å². The Morgan fingerprint density at radius 2 is 2.50 bits per heavy atom. The fourth-order valence-corrected chi connectivity index (χ4v) is 0.712. The second kappa shape index (κ2) is 2.45. The van der Waals surface area contributed by atoms with E-state index in [9.17, 15) is 10.0 Å². The van der Waals surface area contributed by atoms with E-state index in [4.69, 9.17) is 11.6 Å². The highest BCUT2D eigenvalue weighted by Gasteiger charge is 2.18. The average molecular weight is 164 g/mol. The Kier molecular flexibility index (Phi) is 1.80. The number of hydrogen-bond acceptors (Lipinski definition) is 5. The molecule has 1 aliphatic heterocycles. The molecule has 0 atom stereocenters. The lowest BCUT2D eigenvalue weighted by molar-refractivity contribution is -0.227. The summed E-state index contributed by atoms with van der Waals surface area (Å²) >= 11 is 5.05. The van der Waals surface area contributed by atoms with Crippen LogP contribution in [0.1, 0.15) is 0 Å². The van der Waals surface area contributed by atoms with Gasteiger partial charge >= 0.3 is 0 Å². The van der Waals surface area contributed by atoms with E-state index in [0.717, 1.165) is 11.3 Å². The van der Waals surface area contributed by atoms with Crippen molar-refractivity contribution in [3.63, 3.8) is 0 Å². The highest BCUT2D eigenvalue weighted by atomic mass is 35.5. The number of allylic oxidation sites excluding steroid dienone is 1. The van der Waals surface area contributed by atoms with Gasteiger partial charge < -0.3 is 5.21 Å². The van der Waals surface area contributed by atoms with Crippen LogP contribution in [0, 0.1) is 5.21 Å². The van der Waals surface area contributed by atoms with Crippen molar-refractivity contribution < 1.29 is 9.73 Å². The van der Waals surface area contributed by atoms with Crippen LogP contribution >= 0.6 is 11.6 Å². The first-order valence-corrected chi connectivity index (χ1v) is 2.79. The molecule has 0 N–H and O–H groups in total. The molecule has 56 valence electrons. The van der Waals surface area contributed by atoms with E-state index in [1.165, 1.54) is 7.05 Å². The van der Waals surface area contributed by atoms with Gasteiger partial charge in [0.25, 0.3) is 5.24 Å². The summed E-state index contributed by atoms with van der Waals surface area (Å²) in [5.41, 5.74) is 0.0247. The van der Waals surface area contributed by atoms with Gasteiger partial charge in [-0.25, -0.2) is 5.06 Å². The summed E-state index contributed by atoms with van der Waals surface area (Å²) in [6, 6.07) is 0. The SMILES string of the molecule is CN1ON([O-])C=C1C(=O)Cl. The van der Waals surface area contributed by atoms with Crippen LogP contribution in [0.3, 0.4) is 0 Å². The summed E-state index contributed by atoms with van der Waals surface area (Å²) in [5, 5.41) is 10.7. The Bertz CT molecular complexity index is 193. The molecule has 0 aromatic rings. The zero-order valence-corrected chi connectivity index (χ0v) is 5.83. The standard InChI is InChI=1S/C4H4ClN2O3/c1-6-3(4(5)8)2-7(9)10-6/h2H,1H3/q-1. The van der Waals surface area contributed by atoms with Crippen molar-refractivity contribution in [2.75, 3.05) is 7.05 Å². The first kappa shape index (κ1) is 7.33. The van der Waals surface area contributed by atoms with Crippen molar-refractivity contribution in [3.8, 4) is 0 Å². The van der Waals surface area contributed by atoms with Crippen LogP contribution in [0.5, 0.6) is 0 Å². The van der Waals surface area contributed by atoms with Gasteiger partial charge in [0.2, 0.25) is 0 Å². The second-order valence-corrected chi connectivity index (χ2v) is 2.00. The van der Waals surface area contributed by atoms with Crippen LogP contribution in [-0.2, 0) is 9.73 Å². The van der Waals surface area contributed by atoms with E-state index in [1.54, 1.807) is 0 Å². The fraction of sp³-hybridized carbons (Fsp3) is 0.250. The number of carbonyl (C=O) groups excluding carboxylic acids is 1. The number of halogens is 1. The quantitative estimate of drug-likeness (QED) is 0.517. The molecule has 6 heteroatoms. The number of carbonyl (C=O) groups is 1. The number of rotatable bonds is 1. The van der Waals surface area contributed by atoms with E-state index < -0.39 is 5.24 Å². The second-order valence-electron chi connectivity index (χ2n) is 1.65. The Labute approximate surface area is 61.9 Å². The minimum atomic E-state index is -0.721. The topological polar surface area (TPSA) is 55.8 Å². The fourth-order valence-electron chi connectivity index (χ4n) is 0.544. The Hall–Kier alpha value is -0.780. The van der Waals surface area contributed by atoms with Gasteiger partial charge in [0.1, 0.15) is 5.70 Å². The molecule has 0 amide bonds. The summed E-state index contributed by atoms with van der Waals surface area (Å²) in [7, 11) is 1.41. The number of nitrogens with zero attached hydrogens (tertiary/aromatic N) is 2. The van der Waals surface area contributed by atoms with Crippen molar-refractivity contribution in [1.82, 2.24) is 10.3 Å². The number of likely N-dealkylation sites (N-methyl/N-ethyl adjacent to an activating group) is 1. The van der Waals surface area contributed by atoms with E-state index >= 15 is 0 Å². The highest BCUT2D eigenvalue weighted by Crippen LogP contribution is 2.15. The van der Waals surface area contributed by atoms with Crippen molar-refractivity contribution in [2.24, 2.45) is 0 Å². The van der Waals surface area contributed by atoms with Gasteiger partial charge in [-0.3, -0.25) is 10.0 Å². The van der Waals surface area contributed by atoms with Gasteiger partial charge in [-0.05, 0) is 11.6 Å². The molecule has 0 bridgehead atoms. The molecule has 5 nitrogen and oxygen atoms in total. The lowest BCUT2D eigenvalue weighted by Crippen LogP contribution is -2.18. The van der Waals surface area contributed by atoms with E-state index in [-0.39, 0.29) is 10.9 Å². The molecule has 10 heavy (non-hydrogen) atoms. The lowest BCUT2D eigenvalue weighted by atomic mass is 10.5. The van der Waals surface area contributed by atoms with Crippen LogP contribution in [0.15, 0.2) is 11.9 Å². The van der Waals surface area contributed by atoms with Crippen LogP contribution in [0.25, 0.3) is 0 Å². The lowest BCUT2D eigenvalue weighted by Gasteiger charge is -2.20. The molecule has 1 rings (SSSR count). The van der Waals surface area contributed by atoms with Gasteiger partial charge in [-0.1, -0.05) is 0 Å². The Morgan fingerprint density at radius 1 is 1.90 bits per heavy atom. The predicted octanol–water partition coefficient (Wildman–Crippen LogP) is 0.185. The molecule has 0 aromatic carbocycles. The monoisotopic (exact) mass is 163 g/mol. The van der Waals surface area contributed by atoms with Gasteiger partial charge in [0, 0.05) is 13.2 Å². The Morgan fingerprint density at radius 3 is 2.70 bits per heavy atom. The summed E-state index contributed by atoms with van der Waals surface area (Å²) in [4.78, 5) is 14.8. The molecule has 0 saturated carbocycles. The van der Waals surface area contributed by atoms with Crippen LogP contribution in [0.4, 0.5) is 0 Å². The summed E-state index contributed by atoms with van der Waals surface area (Å²) in [5.74, 6) is 0. The minimum absolute atomic E-state index is 0.0247. The first-order valence-electron chi connectivity index (χ1n) is 2.41. The molecule has 0 fully saturated rings. The molecular formula is C4H4ClN2O3-. The van der Waals surface area contributed by atoms with Crippen LogP contribution in [0.2, 0.25) is 0 Å². The van der Waals surface area contributed by atoms with E-state index in [0.29, 0.717) is 0 Å². The molecule has 1 aliphatic rings. The summed E-state index contributed by atoms with van der Waals surface area (Å²) < 4.78 is 0. The number of hydrogen-bond donors (Lipinski definition) is 0. The van der Waals surface area contributed by atoms with E-state index in [2.05, 4.69) is 4.94 Å². The predicted molar refractivity (Wildman–Crippen MR) is 33.0 cm³/mol. The highest BCUT2D eigenvalue weighted by molar-refractivity contribution is 6.67. The molecule has 0 unspecified atom stereocenters. The molecular weight excluding hydrogens is 160 g/mol. The zero-order valence-electron chi connectivity index (χ0n) is 5.07. The maximum absolute atomic E-state index is 10.4. The summed E-state index contributed by atoms with van der Waals surface area (Å²) in [6.07, 6.45) is 0.954. The zero-order chi connectivity index (χ0) is 7.72. The largest absolute Gasteiger partial charge is 0.732 e. The van der Waals surface area contributed by atoms with Crippen molar-refractivity contribution in [1.29, 1.82) is 0 Å². The van der Waals surface area contributed by atoms with Gasteiger partial charge in [0.05, 0.1) is 0 Å². The van der Waals surface area contributed by atoms with Crippen LogP contribution < -0.4 is 0 Å². The maximum atomic E-state index is 10.4. The third-order valence-corrected chi connectivity index (χ3v) is 1.16. The molecule has 0 radical (unpaired) electrons. The normalized spacial score (nSPS) is 17.7. The van der Waals surface area contributed by atoms with Crippen molar-refractivity contribution >= 4 is 16.8 Å². The minimum Gasteiger partial charge on any atom is -0.732 e. The maximum Gasteiger partial charge on any atom is 0.272 e. The number of hydroxylamine groups is 4. The van der Waals surface area contributed by atoms with Gasteiger partial charge in [-0.15, -0.1) is 0 Å². The molecule has 0 aliphatic carbocycles. The third kappa shape index (κ3) is 1.21. The molecule has 0 aromatic heterocycles. The average Bonchev–Trinajstić information content (AvgIpc) is 2.10. The molecule has 0 spiro atoms.